The van der Waals surface area contributed by atoms with Crippen LogP contribution in [0.25, 0.3) is 0 Å². The number of carbonyl (C=O) groups is 1. The molecule has 122 valence electrons. The zero-order chi connectivity index (χ0) is 15.9. The number of phenolic OH excluding ortho intramolecular Hbond substituents is 1. The minimum absolute atomic E-state index is 0.0223. The van der Waals surface area contributed by atoms with Crippen molar-refractivity contribution in [2.75, 3.05) is 58.4 Å². The lowest BCUT2D eigenvalue weighted by molar-refractivity contribution is 0.0949. The maximum atomic E-state index is 12.1. The first-order valence-electron chi connectivity index (χ1n) is 7.66. The smallest absolute Gasteiger partial charge is 0.255 e. The van der Waals surface area contributed by atoms with Crippen LogP contribution in [-0.2, 0) is 4.74 Å². The highest BCUT2D eigenvalue weighted by atomic mass is 16.5. The first-order chi connectivity index (χ1) is 10.6. The Morgan fingerprint density at radius 3 is 2.73 bits per heavy atom. The van der Waals surface area contributed by atoms with Crippen molar-refractivity contribution in [3.8, 4) is 5.75 Å². The molecule has 1 aliphatic heterocycles. The number of morpholine rings is 1. The van der Waals surface area contributed by atoms with E-state index in [1.807, 2.05) is 20.2 Å². The van der Waals surface area contributed by atoms with E-state index in [2.05, 4.69) is 15.1 Å². The van der Waals surface area contributed by atoms with E-state index in [-0.39, 0.29) is 11.7 Å². The van der Waals surface area contributed by atoms with Crippen molar-refractivity contribution >= 4 is 11.6 Å². The number of nitrogens with one attached hydrogen (secondary N) is 1. The molecule has 6 heteroatoms. The summed E-state index contributed by atoms with van der Waals surface area (Å²) in [6.07, 6.45) is 0.880. The largest absolute Gasteiger partial charge is 0.507 e. The zero-order valence-corrected chi connectivity index (χ0v) is 13.3. The Kier molecular flexibility index (Phi) is 6.03. The Balaban J connectivity index is 1.92. The van der Waals surface area contributed by atoms with Gasteiger partial charge in [-0.2, -0.15) is 0 Å². The summed E-state index contributed by atoms with van der Waals surface area (Å²) in [5.41, 5.74) is 1.24. The Labute approximate surface area is 131 Å². The molecular formula is C16H25N3O3. The van der Waals surface area contributed by atoms with Crippen LogP contribution in [0.15, 0.2) is 18.2 Å². The van der Waals surface area contributed by atoms with E-state index in [1.54, 1.807) is 12.1 Å². The average Bonchev–Trinajstić information content (AvgIpc) is 2.52. The maximum absolute atomic E-state index is 12.1. The Hall–Kier alpha value is -1.79. The van der Waals surface area contributed by atoms with Crippen LogP contribution >= 0.6 is 0 Å². The Morgan fingerprint density at radius 2 is 2.09 bits per heavy atom. The summed E-state index contributed by atoms with van der Waals surface area (Å²) in [6, 6.07) is 5.21. The van der Waals surface area contributed by atoms with Gasteiger partial charge < -0.3 is 25.0 Å². The monoisotopic (exact) mass is 307 g/mol. The van der Waals surface area contributed by atoms with Crippen LogP contribution < -0.4 is 10.2 Å². The van der Waals surface area contributed by atoms with E-state index in [0.29, 0.717) is 25.3 Å². The predicted molar refractivity (Wildman–Crippen MR) is 86.6 cm³/mol. The van der Waals surface area contributed by atoms with Gasteiger partial charge in [0.1, 0.15) is 5.75 Å². The Morgan fingerprint density at radius 1 is 1.36 bits per heavy atom. The van der Waals surface area contributed by atoms with Gasteiger partial charge in [0.25, 0.3) is 5.91 Å². The van der Waals surface area contributed by atoms with Crippen molar-refractivity contribution in [1.82, 2.24) is 10.2 Å². The number of aromatic hydroxyl groups is 1. The number of anilines is 1. The molecule has 0 aromatic heterocycles. The summed E-state index contributed by atoms with van der Waals surface area (Å²) >= 11 is 0. The normalized spacial score (nSPS) is 15.1. The molecule has 0 atom stereocenters. The molecule has 0 radical (unpaired) electrons. The average molecular weight is 307 g/mol. The minimum atomic E-state index is -0.232. The van der Waals surface area contributed by atoms with Gasteiger partial charge >= 0.3 is 0 Å². The number of phenols is 1. The van der Waals surface area contributed by atoms with Crippen LogP contribution in [0, 0.1) is 0 Å². The van der Waals surface area contributed by atoms with Gasteiger partial charge in [-0.25, -0.2) is 0 Å². The molecular weight excluding hydrogens is 282 g/mol. The number of amides is 1. The van der Waals surface area contributed by atoms with Gasteiger partial charge in [0.05, 0.1) is 18.8 Å². The van der Waals surface area contributed by atoms with Crippen LogP contribution in [0.2, 0.25) is 0 Å². The van der Waals surface area contributed by atoms with Gasteiger partial charge in [0.2, 0.25) is 0 Å². The summed E-state index contributed by atoms with van der Waals surface area (Å²) in [5, 5.41) is 12.9. The quantitative estimate of drug-likeness (QED) is 0.765. The SMILES string of the molecule is CN(C)CCCNC(=O)c1ccc(N2CCOCC2)cc1O. The molecule has 1 fully saturated rings. The standard InChI is InChI=1S/C16H25N3O3/c1-18(2)7-3-6-17-16(21)14-5-4-13(12-15(14)20)19-8-10-22-11-9-19/h4-5,12,20H,3,6-11H2,1-2H3,(H,17,21). The molecule has 0 unspecified atom stereocenters. The molecule has 0 saturated carbocycles. The minimum Gasteiger partial charge on any atom is -0.507 e. The molecule has 1 saturated heterocycles. The van der Waals surface area contributed by atoms with Crippen LogP contribution in [0.4, 0.5) is 5.69 Å². The van der Waals surface area contributed by atoms with Crippen LogP contribution in [-0.4, -0.2) is 69.4 Å². The molecule has 1 aromatic rings. The number of ether oxygens (including phenoxy) is 1. The molecule has 1 heterocycles. The molecule has 2 N–H and O–H groups in total. The molecule has 6 nitrogen and oxygen atoms in total. The fourth-order valence-electron chi connectivity index (χ4n) is 2.42. The number of hydrogen-bond donors (Lipinski definition) is 2. The van der Waals surface area contributed by atoms with E-state index in [1.165, 1.54) is 0 Å². The van der Waals surface area contributed by atoms with Crippen molar-refractivity contribution < 1.29 is 14.6 Å². The predicted octanol–water partition coefficient (Wildman–Crippen LogP) is 0.910. The van der Waals surface area contributed by atoms with Crippen LogP contribution in [0.1, 0.15) is 16.8 Å². The lowest BCUT2D eigenvalue weighted by Gasteiger charge is -2.29. The first kappa shape index (κ1) is 16.6. The van der Waals surface area contributed by atoms with Gasteiger partial charge in [-0.1, -0.05) is 0 Å². The molecule has 0 spiro atoms. The molecule has 2 rings (SSSR count). The first-order valence-corrected chi connectivity index (χ1v) is 7.66. The molecule has 0 bridgehead atoms. The summed E-state index contributed by atoms with van der Waals surface area (Å²) in [4.78, 5) is 16.3. The third-order valence-corrected chi connectivity index (χ3v) is 3.67. The molecule has 0 aliphatic carbocycles. The number of nitrogens with zero attached hydrogens (tertiary/aromatic N) is 2. The number of hydrogen-bond acceptors (Lipinski definition) is 5. The topological polar surface area (TPSA) is 65.0 Å². The second-order valence-corrected chi connectivity index (χ2v) is 5.71. The third kappa shape index (κ3) is 4.61. The number of benzene rings is 1. The van der Waals surface area contributed by atoms with Gasteiger partial charge in [-0.05, 0) is 39.2 Å². The summed E-state index contributed by atoms with van der Waals surface area (Å²) in [6.45, 7) is 4.50. The second kappa shape index (κ2) is 8.00. The van der Waals surface area contributed by atoms with E-state index in [0.717, 1.165) is 31.7 Å². The van der Waals surface area contributed by atoms with E-state index in [4.69, 9.17) is 4.74 Å². The van der Waals surface area contributed by atoms with Crippen molar-refractivity contribution in [3.63, 3.8) is 0 Å². The lowest BCUT2D eigenvalue weighted by atomic mass is 10.1. The van der Waals surface area contributed by atoms with Crippen molar-refractivity contribution in [1.29, 1.82) is 0 Å². The Bertz CT molecular complexity index is 499. The lowest BCUT2D eigenvalue weighted by Crippen LogP contribution is -2.36. The van der Waals surface area contributed by atoms with Crippen molar-refractivity contribution in [2.24, 2.45) is 0 Å². The van der Waals surface area contributed by atoms with E-state index in [9.17, 15) is 9.90 Å². The van der Waals surface area contributed by atoms with E-state index >= 15 is 0 Å². The molecule has 22 heavy (non-hydrogen) atoms. The highest BCUT2D eigenvalue weighted by molar-refractivity contribution is 5.97. The summed E-state index contributed by atoms with van der Waals surface area (Å²) in [7, 11) is 4.00. The van der Waals surface area contributed by atoms with E-state index < -0.39 is 0 Å². The van der Waals surface area contributed by atoms with Crippen LogP contribution in [0.3, 0.4) is 0 Å². The highest BCUT2D eigenvalue weighted by Crippen LogP contribution is 2.25. The van der Waals surface area contributed by atoms with Gasteiger partial charge in [0.15, 0.2) is 0 Å². The fraction of sp³-hybridized carbons (Fsp3) is 0.562. The number of carbonyl (C=O) groups excluding carboxylic acids is 1. The van der Waals surface area contributed by atoms with Gasteiger partial charge in [-0.15, -0.1) is 0 Å². The molecule has 1 aliphatic rings. The fourth-order valence-corrected chi connectivity index (χ4v) is 2.42. The maximum Gasteiger partial charge on any atom is 0.255 e. The third-order valence-electron chi connectivity index (χ3n) is 3.67. The molecule has 1 amide bonds. The summed E-state index contributed by atoms with van der Waals surface area (Å²) in [5.74, 6) is -0.209. The highest BCUT2D eigenvalue weighted by Gasteiger charge is 2.15. The summed E-state index contributed by atoms with van der Waals surface area (Å²) < 4.78 is 5.31. The zero-order valence-electron chi connectivity index (χ0n) is 13.3. The van der Waals surface area contributed by atoms with Gasteiger partial charge in [-0.3, -0.25) is 4.79 Å². The van der Waals surface area contributed by atoms with Gasteiger partial charge in [0, 0.05) is 31.4 Å². The molecule has 1 aromatic carbocycles. The van der Waals surface area contributed by atoms with Crippen molar-refractivity contribution in [3.05, 3.63) is 23.8 Å². The number of rotatable bonds is 6. The second-order valence-electron chi connectivity index (χ2n) is 5.71. The van der Waals surface area contributed by atoms with Crippen LogP contribution in [0.5, 0.6) is 5.75 Å². The van der Waals surface area contributed by atoms with Crippen molar-refractivity contribution in [2.45, 2.75) is 6.42 Å².